The van der Waals surface area contributed by atoms with Gasteiger partial charge in [-0.15, -0.1) is 0 Å². The van der Waals surface area contributed by atoms with Crippen LogP contribution in [0.5, 0.6) is 0 Å². The van der Waals surface area contributed by atoms with Gasteiger partial charge in [-0.05, 0) is 89.9 Å². The molecule has 0 aliphatic rings. The maximum Gasteiger partial charge on any atom is 0.306 e. The first-order valence-electron chi connectivity index (χ1n) is 24.0. The minimum Gasteiger partial charge on any atom is -0.462 e. The summed E-state index contributed by atoms with van der Waals surface area (Å²) >= 11 is 0. The topological polar surface area (TPSA) is 78.9 Å². The Labute approximate surface area is 357 Å². The van der Waals surface area contributed by atoms with Crippen molar-refractivity contribution in [2.24, 2.45) is 0 Å². The van der Waals surface area contributed by atoms with E-state index in [4.69, 9.17) is 14.2 Å². The lowest BCUT2D eigenvalue weighted by Gasteiger charge is -2.18. The lowest BCUT2D eigenvalue weighted by Crippen LogP contribution is -2.30. The number of allylic oxidation sites excluding steroid dienone is 12. The van der Waals surface area contributed by atoms with Gasteiger partial charge in [-0.25, -0.2) is 0 Å². The summed E-state index contributed by atoms with van der Waals surface area (Å²) in [5.74, 6) is -0.946. The van der Waals surface area contributed by atoms with Gasteiger partial charge < -0.3 is 14.2 Å². The molecule has 0 saturated heterocycles. The molecule has 0 spiro atoms. The Balaban J connectivity index is 4.44. The van der Waals surface area contributed by atoms with E-state index >= 15 is 0 Å². The van der Waals surface area contributed by atoms with E-state index in [0.29, 0.717) is 19.3 Å². The predicted octanol–water partition coefficient (Wildman–Crippen LogP) is 15.5. The average Bonchev–Trinajstić information content (AvgIpc) is 3.22. The second-order valence-corrected chi connectivity index (χ2v) is 15.7. The van der Waals surface area contributed by atoms with Gasteiger partial charge in [-0.2, -0.15) is 0 Å². The van der Waals surface area contributed by atoms with Gasteiger partial charge in [-0.1, -0.05) is 184 Å². The van der Waals surface area contributed by atoms with E-state index in [1.807, 2.05) is 0 Å². The molecule has 0 aliphatic heterocycles. The van der Waals surface area contributed by atoms with Gasteiger partial charge in [0, 0.05) is 19.3 Å². The Kier molecular flexibility index (Phi) is 44.0. The van der Waals surface area contributed by atoms with Gasteiger partial charge in [-0.3, -0.25) is 14.4 Å². The Bertz CT molecular complexity index is 1110. The van der Waals surface area contributed by atoms with Crippen LogP contribution >= 0.6 is 0 Å². The zero-order chi connectivity index (χ0) is 42.3. The number of esters is 3. The lowest BCUT2D eigenvalue weighted by molar-refractivity contribution is -0.167. The maximum atomic E-state index is 12.7. The van der Waals surface area contributed by atoms with E-state index in [0.717, 1.165) is 96.3 Å². The third kappa shape index (κ3) is 44.0. The molecule has 1 atom stereocenters. The first kappa shape index (κ1) is 54.9. The number of carbonyl (C=O) groups excluding carboxylic acids is 3. The van der Waals surface area contributed by atoms with Crippen LogP contribution in [-0.2, 0) is 28.6 Å². The fourth-order valence-electron chi connectivity index (χ4n) is 6.33. The molecule has 0 bridgehead atoms. The summed E-state index contributed by atoms with van der Waals surface area (Å²) in [6, 6.07) is 0. The molecule has 0 aromatic rings. The highest BCUT2D eigenvalue weighted by atomic mass is 16.6. The zero-order valence-electron chi connectivity index (χ0n) is 37.8. The highest BCUT2D eigenvalue weighted by Gasteiger charge is 2.19. The van der Waals surface area contributed by atoms with Crippen molar-refractivity contribution in [1.82, 2.24) is 0 Å². The number of ether oxygens (including phenoxy) is 3. The molecule has 0 aromatic carbocycles. The van der Waals surface area contributed by atoms with Crippen LogP contribution in [0.2, 0.25) is 0 Å². The van der Waals surface area contributed by atoms with Gasteiger partial charge in [0.1, 0.15) is 13.2 Å². The van der Waals surface area contributed by atoms with Crippen LogP contribution < -0.4 is 0 Å². The largest absolute Gasteiger partial charge is 0.462 e. The maximum absolute atomic E-state index is 12.7. The lowest BCUT2D eigenvalue weighted by atomic mass is 10.1. The molecule has 0 heterocycles. The SMILES string of the molecule is CC/C=C\C/C=C\CCCCCCCCCC(=O)OC(COC(=O)CCCCC/C=C\C=C/CCCC)COC(=O)CCCCCCCC/C=C\C=C/CCCCC. The molecule has 1 unspecified atom stereocenters. The average molecular weight is 809 g/mol. The van der Waals surface area contributed by atoms with Gasteiger partial charge >= 0.3 is 17.9 Å². The van der Waals surface area contributed by atoms with E-state index in [9.17, 15) is 14.4 Å². The van der Waals surface area contributed by atoms with Crippen LogP contribution in [-0.4, -0.2) is 37.2 Å². The van der Waals surface area contributed by atoms with Gasteiger partial charge in [0.25, 0.3) is 0 Å². The third-order valence-corrected chi connectivity index (χ3v) is 9.97. The van der Waals surface area contributed by atoms with E-state index in [2.05, 4.69) is 93.7 Å². The quantitative estimate of drug-likeness (QED) is 0.0201. The zero-order valence-corrected chi connectivity index (χ0v) is 37.8. The van der Waals surface area contributed by atoms with E-state index in [-0.39, 0.29) is 31.1 Å². The number of hydrogen-bond acceptors (Lipinski definition) is 6. The molecule has 0 saturated carbocycles. The van der Waals surface area contributed by atoms with Crippen LogP contribution in [0.15, 0.2) is 72.9 Å². The number of rotatable bonds is 42. The first-order chi connectivity index (χ1) is 28.5. The van der Waals surface area contributed by atoms with Gasteiger partial charge in [0.15, 0.2) is 6.10 Å². The molecular formula is C52H88O6. The van der Waals surface area contributed by atoms with Crippen LogP contribution in [0.3, 0.4) is 0 Å². The number of hydrogen-bond donors (Lipinski definition) is 0. The fraction of sp³-hybridized carbons (Fsp3) is 0.712. The Morgan fingerprint density at radius 2 is 0.741 bits per heavy atom. The summed E-state index contributed by atoms with van der Waals surface area (Å²) in [5.41, 5.74) is 0. The molecule has 6 heteroatoms. The minimum atomic E-state index is -0.793. The summed E-state index contributed by atoms with van der Waals surface area (Å²) in [6.07, 6.45) is 57.4. The molecule has 0 aliphatic carbocycles. The Morgan fingerprint density at radius 1 is 0.379 bits per heavy atom. The molecule has 0 amide bonds. The molecule has 0 aromatic heterocycles. The first-order valence-corrected chi connectivity index (χ1v) is 24.0. The molecule has 0 N–H and O–H groups in total. The summed E-state index contributed by atoms with van der Waals surface area (Å²) in [6.45, 7) is 6.40. The monoisotopic (exact) mass is 809 g/mol. The van der Waals surface area contributed by atoms with E-state index < -0.39 is 6.10 Å². The van der Waals surface area contributed by atoms with Crippen molar-refractivity contribution in [3.05, 3.63) is 72.9 Å². The number of carbonyl (C=O) groups is 3. The van der Waals surface area contributed by atoms with Crippen molar-refractivity contribution in [1.29, 1.82) is 0 Å². The molecule has 332 valence electrons. The molecule has 0 rings (SSSR count). The molecule has 58 heavy (non-hydrogen) atoms. The highest BCUT2D eigenvalue weighted by Crippen LogP contribution is 2.13. The molecule has 0 fully saturated rings. The standard InChI is InChI=1S/C52H88O6/c1-4-7-10-13-16-19-22-24-26-28-30-33-36-39-42-45-51(54)57-48-49(47-56-50(53)44-41-38-35-32-29-21-18-15-12-9-6-3)58-52(55)46-43-40-37-34-31-27-25-23-20-17-14-11-8-5-2/h8,11,15-22,24,29,49H,4-7,9-10,12-14,23,25-28,30-48H2,1-3H3/b11-8-,18-15-,19-16-,20-17-,24-22-,29-21-. The summed E-state index contributed by atoms with van der Waals surface area (Å²) in [5, 5.41) is 0. The van der Waals surface area contributed by atoms with Crippen molar-refractivity contribution in [3.8, 4) is 0 Å². The van der Waals surface area contributed by atoms with Crippen molar-refractivity contribution in [3.63, 3.8) is 0 Å². The van der Waals surface area contributed by atoms with Crippen molar-refractivity contribution in [2.45, 2.75) is 226 Å². The summed E-state index contributed by atoms with van der Waals surface area (Å²) < 4.78 is 16.7. The van der Waals surface area contributed by atoms with Crippen LogP contribution in [0.25, 0.3) is 0 Å². The van der Waals surface area contributed by atoms with Crippen LogP contribution in [0.4, 0.5) is 0 Å². The predicted molar refractivity (Wildman–Crippen MR) is 247 cm³/mol. The van der Waals surface area contributed by atoms with E-state index in [1.165, 1.54) is 83.5 Å². The van der Waals surface area contributed by atoms with E-state index in [1.54, 1.807) is 0 Å². The van der Waals surface area contributed by atoms with Crippen molar-refractivity contribution >= 4 is 17.9 Å². The van der Waals surface area contributed by atoms with Gasteiger partial charge in [0.05, 0.1) is 0 Å². The second-order valence-electron chi connectivity index (χ2n) is 15.7. The summed E-state index contributed by atoms with van der Waals surface area (Å²) in [7, 11) is 0. The summed E-state index contributed by atoms with van der Waals surface area (Å²) in [4.78, 5) is 37.8. The minimum absolute atomic E-state index is 0.0941. The van der Waals surface area contributed by atoms with Crippen LogP contribution in [0, 0.1) is 0 Å². The van der Waals surface area contributed by atoms with Crippen LogP contribution in [0.1, 0.15) is 220 Å². The molecule has 6 nitrogen and oxygen atoms in total. The third-order valence-electron chi connectivity index (χ3n) is 9.97. The Morgan fingerprint density at radius 3 is 1.21 bits per heavy atom. The van der Waals surface area contributed by atoms with Gasteiger partial charge in [0.2, 0.25) is 0 Å². The molecular weight excluding hydrogens is 721 g/mol. The Hall–Kier alpha value is -3.15. The molecule has 0 radical (unpaired) electrons. The van der Waals surface area contributed by atoms with Crippen molar-refractivity contribution in [2.75, 3.05) is 13.2 Å². The normalized spacial score (nSPS) is 12.7. The fourth-order valence-corrected chi connectivity index (χ4v) is 6.33. The van der Waals surface area contributed by atoms with Crippen molar-refractivity contribution < 1.29 is 28.6 Å². The highest BCUT2D eigenvalue weighted by molar-refractivity contribution is 5.71. The second kappa shape index (κ2) is 46.5. The smallest absolute Gasteiger partial charge is 0.306 e. The number of unbranched alkanes of at least 4 members (excludes halogenated alkanes) is 21.